The van der Waals surface area contributed by atoms with Crippen LogP contribution in [0, 0.1) is 0 Å². The quantitative estimate of drug-likeness (QED) is 0.640. The molecule has 0 aromatic heterocycles. The van der Waals surface area contributed by atoms with Crippen molar-refractivity contribution in [3.63, 3.8) is 0 Å². The fourth-order valence-corrected chi connectivity index (χ4v) is 2.07. The van der Waals surface area contributed by atoms with Crippen LogP contribution in [0.1, 0.15) is 6.42 Å². The molecule has 74 valence electrons. The monoisotopic (exact) mass is 210 g/mol. The number of hydrogen-bond acceptors (Lipinski definition) is 5. The van der Waals surface area contributed by atoms with Crippen molar-refractivity contribution in [1.29, 1.82) is 0 Å². The first-order chi connectivity index (χ1) is 6.84. The molecule has 2 aliphatic rings. The summed E-state index contributed by atoms with van der Waals surface area (Å²) in [7, 11) is 0. The lowest BCUT2D eigenvalue weighted by atomic mass is 10.3. The van der Waals surface area contributed by atoms with Gasteiger partial charge in [-0.3, -0.25) is 9.79 Å². The molecule has 1 unspecified atom stereocenters. The van der Waals surface area contributed by atoms with Crippen molar-refractivity contribution in [1.82, 2.24) is 0 Å². The highest BCUT2D eigenvalue weighted by molar-refractivity contribution is 8.14. The Morgan fingerprint density at radius 3 is 3.29 bits per heavy atom. The molecule has 0 N–H and O–H groups in total. The van der Waals surface area contributed by atoms with Gasteiger partial charge in [-0.25, -0.2) is 4.99 Å². The summed E-state index contributed by atoms with van der Waals surface area (Å²) in [6, 6.07) is 0.102. The third-order valence-electron chi connectivity index (χ3n) is 1.87. The molecule has 0 aromatic carbocycles. The molecule has 14 heavy (non-hydrogen) atoms. The SMILES string of the molecule is O=C1CC(N=CC2=NCC=CO2)CS1. The summed E-state index contributed by atoms with van der Waals surface area (Å²) in [5.74, 6) is 1.30. The van der Waals surface area contributed by atoms with Gasteiger partial charge in [0.2, 0.25) is 5.90 Å². The molecule has 0 aromatic rings. The minimum atomic E-state index is 0.102. The topological polar surface area (TPSA) is 51.0 Å². The molecule has 0 saturated carbocycles. The second kappa shape index (κ2) is 4.41. The Bertz CT molecular complexity index is 323. The Kier molecular flexibility index (Phi) is 2.98. The zero-order chi connectivity index (χ0) is 9.80. The molecular formula is C9H10N2O2S. The van der Waals surface area contributed by atoms with Crippen LogP contribution in [0.2, 0.25) is 0 Å². The maximum atomic E-state index is 10.9. The zero-order valence-electron chi connectivity index (χ0n) is 7.55. The standard InChI is InChI=1S/C9H10N2O2S/c12-9-4-7(6-14-9)11-5-8-10-2-1-3-13-8/h1,3,5,7H,2,4,6H2. The van der Waals surface area contributed by atoms with E-state index in [1.165, 1.54) is 11.8 Å². The van der Waals surface area contributed by atoms with Crippen molar-refractivity contribution in [2.45, 2.75) is 12.5 Å². The van der Waals surface area contributed by atoms with Crippen molar-refractivity contribution in [2.75, 3.05) is 12.3 Å². The molecule has 0 amide bonds. The lowest BCUT2D eigenvalue weighted by molar-refractivity contribution is -0.110. The molecule has 0 radical (unpaired) electrons. The number of hydrogen-bond donors (Lipinski definition) is 0. The third-order valence-corrected chi connectivity index (χ3v) is 2.91. The van der Waals surface area contributed by atoms with Crippen molar-refractivity contribution in [3.8, 4) is 0 Å². The van der Waals surface area contributed by atoms with Crippen molar-refractivity contribution in [2.24, 2.45) is 9.98 Å². The van der Waals surface area contributed by atoms with E-state index < -0.39 is 0 Å². The van der Waals surface area contributed by atoms with E-state index in [4.69, 9.17) is 4.74 Å². The average Bonchev–Trinajstić information content (AvgIpc) is 2.63. The summed E-state index contributed by atoms with van der Waals surface area (Å²) in [5, 5.41) is 0.221. The smallest absolute Gasteiger partial charge is 0.232 e. The van der Waals surface area contributed by atoms with E-state index in [1.54, 1.807) is 12.5 Å². The normalized spacial score (nSPS) is 26.7. The summed E-state index contributed by atoms with van der Waals surface area (Å²) < 4.78 is 5.09. The van der Waals surface area contributed by atoms with Crippen molar-refractivity contribution >= 4 is 29.0 Å². The second-order valence-electron chi connectivity index (χ2n) is 2.99. The first-order valence-electron chi connectivity index (χ1n) is 4.39. The molecule has 1 atom stereocenters. The predicted octanol–water partition coefficient (Wildman–Crippen LogP) is 1.03. The van der Waals surface area contributed by atoms with Crippen LogP contribution in [-0.4, -0.2) is 35.6 Å². The van der Waals surface area contributed by atoms with E-state index in [-0.39, 0.29) is 11.2 Å². The maximum absolute atomic E-state index is 10.9. The van der Waals surface area contributed by atoms with Crippen LogP contribution in [0.25, 0.3) is 0 Å². The van der Waals surface area contributed by atoms with E-state index in [9.17, 15) is 4.79 Å². The van der Waals surface area contributed by atoms with E-state index in [0.717, 1.165) is 5.75 Å². The van der Waals surface area contributed by atoms with Crippen molar-refractivity contribution in [3.05, 3.63) is 12.3 Å². The molecule has 2 rings (SSSR count). The summed E-state index contributed by atoms with van der Waals surface area (Å²) in [5.41, 5.74) is 0. The van der Waals surface area contributed by atoms with Gasteiger partial charge in [-0.1, -0.05) is 11.8 Å². The molecule has 5 heteroatoms. The van der Waals surface area contributed by atoms with Gasteiger partial charge in [-0.2, -0.15) is 0 Å². The van der Waals surface area contributed by atoms with E-state index in [0.29, 0.717) is 18.9 Å². The lowest BCUT2D eigenvalue weighted by Gasteiger charge is -2.04. The fraction of sp³-hybridized carbons (Fsp3) is 0.444. The summed E-state index contributed by atoms with van der Waals surface area (Å²) in [6.45, 7) is 0.639. The molecule has 0 bridgehead atoms. The van der Waals surface area contributed by atoms with Gasteiger partial charge in [0.1, 0.15) is 0 Å². The Morgan fingerprint density at radius 1 is 1.71 bits per heavy atom. The maximum Gasteiger partial charge on any atom is 0.232 e. The van der Waals surface area contributed by atoms with Crippen LogP contribution >= 0.6 is 11.8 Å². The average molecular weight is 210 g/mol. The molecule has 2 heterocycles. The van der Waals surface area contributed by atoms with Gasteiger partial charge in [0, 0.05) is 12.2 Å². The predicted molar refractivity (Wildman–Crippen MR) is 56.9 cm³/mol. The second-order valence-corrected chi connectivity index (χ2v) is 4.07. The third kappa shape index (κ3) is 2.45. The molecule has 1 saturated heterocycles. The van der Waals surface area contributed by atoms with E-state index >= 15 is 0 Å². The Hall–Kier alpha value is -1.10. The van der Waals surface area contributed by atoms with Gasteiger partial charge in [0.15, 0.2) is 5.12 Å². The highest BCUT2D eigenvalue weighted by Gasteiger charge is 2.21. The molecule has 4 nitrogen and oxygen atoms in total. The summed E-state index contributed by atoms with van der Waals surface area (Å²) in [6.07, 6.45) is 5.56. The van der Waals surface area contributed by atoms with Crippen LogP contribution in [0.5, 0.6) is 0 Å². The van der Waals surface area contributed by atoms with Gasteiger partial charge in [0.25, 0.3) is 0 Å². The Balaban J connectivity index is 1.87. The molecule has 1 fully saturated rings. The number of carbonyl (C=O) groups excluding carboxylic acids is 1. The highest BCUT2D eigenvalue weighted by atomic mass is 32.2. The van der Waals surface area contributed by atoms with Gasteiger partial charge >= 0.3 is 0 Å². The number of nitrogens with zero attached hydrogens (tertiary/aromatic N) is 2. The summed E-state index contributed by atoms with van der Waals surface area (Å²) in [4.78, 5) is 19.2. The number of ether oxygens (including phenoxy) is 1. The molecule has 0 spiro atoms. The van der Waals surface area contributed by atoms with Crippen LogP contribution in [0.15, 0.2) is 22.3 Å². The van der Waals surface area contributed by atoms with Gasteiger partial charge in [0.05, 0.1) is 25.1 Å². The first kappa shape index (κ1) is 9.45. The minimum absolute atomic E-state index is 0.102. The largest absolute Gasteiger partial charge is 0.446 e. The molecular weight excluding hydrogens is 200 g/mol. The van der Waals surface area contributed by atoms with Gasteiger partial charge < -0.3 is 4.74 Å². The van der Waals surface area contributed by atoms with Crippen LogP contribution in [-0.2, 0) is 9.53 Å². The van der Waals surface area contributed by atoms with Crippen molar-refractivity contribution < 1.29 is 9.53 Å². The number of thioether (sulfide) groups is 1. The van der Waals surface area contributed by atoms with Crippen LogP contribution in [0.3, 0.4) is 0 Å². The van der Waals surface area contributed by atoms with Gasteiger partial charge in [-0.15, -0.1) is 0 Å². The molecule has 0 aliphatic carbocycles. The first-order valence-corrected chi connectivity index (χ1v) is 5.38. The van der Waals surface area contributed by atoms with Gasteiger partial charge in [-0.05, 0) is 6.08 Å². The number of aliphatic imine (C=N–C) groups is 2. The number of rotatable bonds is 2. The van der Waals surface area contributed by atoms with Crippen LogP contribution in [0.4, 0.5) is 0 Å². The Labute approximate surface area is 86.1 Å². The number of carbonyl (C=O) groups is 1. The fourth-order valence-electron chi connectivity index (χ4n) is 1.18. The van der Waals surface area contributed by atoms with E-state index in [2.05, 4.69) is 9.98 Å². The van der Waals surface area contributed by atoms with Crippen LogP contribution < -0.4 is 0 Å². The van der Waals surface area contributed by atoms with E-state index in [1.807, 2.05) is 6.08 Å². The lowest BCUT2D eigenvalue weighted by Crippen LogP contribution is -2.10. The summed E-state index contributed by atoms with van der Waals surface area (Å²) >= 11 is 1.34. The highest BCUT2D eigenvalue weighted by Crippen LogP contribution is 2.21. The molecule has 2 aliphatic heterocycles. The minimum Gasteiger partial charge on any atom is -0.446 e. The Morgan fingerprint density at radius 2 is 2.64 bits per heavy atom. The zero-order valence-corrected chi connectivity index (χ0v) is 8.37.